The van der Waals surface area contributed by atoms with E-state index in [1.54, 1.807) is 41.9 Å². The number of rotatable bonds is 3. The second kappa shape index (κ2) is 6.30. The summed E-state index contributed by atoms with van der Waals surface area (Å²) in [6, 6.07) is 12.9. The summed E-state index contributed by atoms with van der Waals surface area (Å²) in [5.74, 6) is -0.198. The topological polar surface area (TPSA) is 72.2 Å². The number of carbonyl (C=O) groups excluding carboxylic acids is 1. The standard InChI is InChI=1S/C20H13N5OS/c26-19(13-5-6-16-17(11-13)22-8-7-21-16)23-15-4-2-1-3-14(15)18-12-25-9-10-27-20(25)24-18/h1-12H,(H,23,26). The van der Waals surface area contributed by atoms with Gasteiger partial charge in [0.05, 0.1) is 22.4 Å². The van der Waals surface area contributed by atoms with Crippen LogP contribution < -0.4 is 5.32 Å². The van der Waals surface area contributed by atoms with Gasteiger partial charge in [-0.2, -0.15) is 0 Å². The van der Waals surface area contributed by atoms with Crippen LogP contribution in [0.25, 0.3) is 27.3 Å². The molecule has 5 aromatic rings. The van der Waals surface area contributed by atoms with Crippen LogP contribution in [0.2, 0.25) is 0 Å². The summed E-state index contributed by atoms with van der Waals surface area (Å²) in [5.41, 5.74) is 4.39. The minimum Gasteiger partial charge on any atom is -0.321 e. The molecule has 0 unspecified atom stereocenters. The molecule has 3 aromatic heterocycles. The quantitative estimate of drug-likeness (QED) is 0.514. The Hall–Kier alpha value is -3.58. The molecule has 0 saturated carbocycles. The molecular weight excluding hydrogens is 358 g/mol. The number of carbonyl (C=O) groups is 1. The van der Waals surface area contributed by atoms with Crippen molar-refractivity contribution >= 4 is 38.9 Å². The third kappa shape index (κ3) is 2.84. The molecule has 0 fully saturated rings. The van der Waals surface area contributed by atoms with E-state index in [-0.39, 0.29) is 5.91 Å². The lowest BCUT2D eigenvalue weighted by Crippen LogP contribution is -2.12. The van der Waals surface area contributed by atoms with Gasteiger partial charge < -0.3 is 5.32 Å². The van der Waals surface area contributed by atoms with Gasteiger partial charge in [-0.15, -0.1) is 11.3 Å². The van der Waals surface area contributed by atoms with Crippen LogP contribution in [-0.4, -0.2) is 25.3 Å². The number of benzene rings is 2. The number of aromatic nitrogens is 4. The van der Waals surface area contributed by atoms with Gasteiger partial charge in [0.2, 0.25) is 0 Å². The van der Waals surface area contributed by atoms with Gasteiger partial charge in [-0.3, -0.25) is 19.2 Å². The van der Waals surface area contributed by atoms with Gasteiger partial charge in [0.25, 0.3) is 5.91 Å². The average Bonchev–Trinajstić information content (AvgIpc) is 3.30. The summed E-state index contributed by atoms with van der Waals surface area (Å²) in [5, 5.41) is 4.98. The molecule has 0 aliphatic carbocycles. The summed E-state index contributed by atoms with van der Waals surface area (Å²) in [6.45, 7) is 0. The van der Waals surface area contributed by atoms with Crippen molar-refractivity contribution in [2.45, 2.75) is 0 Å². The highest BCUT2D eigenvalue weighted by Gasteiger charge is 2.13. The number of nitrogens with zero attached hydrogens (tertiary/aromatic N) is 4. The first-order valence-corrected chi connectivity index (χ1v) is 9.20. The molecule has 2 aromatic carbocycles. The average molecular weight is 371 g/mol. The largest absolute Gasteiger partial charge is 0.321 e. The third-order valence-electron chi connectivity index (χ3n) is 4.28. The molecule has 0 aliphatic heterocycles. The number of imidazole rings is 1. The molecule has 7 heteroatoms. The summed E-state index contributed by atoms with van der Waals surface area (Å²) in [7, 11) is 0. The van der Waals surface area contributed by atoms with Crippen LogP contribution in [0.4, 0.5) is 5.69 Å². The van der Waals surface area contributed by atoms with Crippen molar-refractivity contribution in [3.8, 4) is 11.3 Å². The first kappa shape index (κ1) is 15.7. The van der Waals surface area contributed by atoms with Crippen LogP contribution in [-0.2, 0) is 0 Å². The van der Waals surface area contributed by atoms with Crippen LogP contribution >= 0.6 is 11.3 Å². The monoisotopic (exact) mass is 371 g/mol. The highest BCUT2D eigenvalue weighted by molar-refractivity contribution is 7.15. The molecule has 0 bridgehead atoms. The first-order valence-electron chi connectivity index (χ1n) is 8.32. The Kier molecular flexibility index (Phi) is 3.65. The maximum atomic E-state index is 12.8. The highest BCUT2D eigenvalue weighted by atomic mass is 32.1. The zero-order valence-electron chi connectivity index (χ0n) is 14.0. The van der Waals surface area contributed by atoms with E-state index in [2.05, 4.69) is 20.3 Å². The maximum absolute atomic E-state index is 12.8. The van der Waals surface area contributed by atoms with Crippen molar-refractivity contribution in [3.05, 3.63) is 78.2 Å². The van der Waals surface area contributed by atoms with Crippen molar-refractivity contribution in [1.82, 2.24) is 19.4 Å². The number of hydrogen-bond acceptors (Lipinski definition) is 5. The summed E-state index contributed by atoms with van der Waals surface area (Å²) >= 11 is 1.57. The van der Waals surface area contributed by atoms with Crippen LogP contribution in [0.5, 0.6) is 0 Å². The fourth-order valence-electron chi connectivity index (χ4n) is 2.97. The molecule has 130 valence electrons. The van der Waals surface area contributed by atoms with Crippen LogP contribution in [0.3, 0.4) is 0 Å². The number of anilines is 1. The van der Waals surface area contributed by atoms with Gasteiger partial charge in [0, 0.05) is 41.3 Å². The minimum atomic E-state index is -0.198. The number of nitrogens with one attached hydrogen (secondary N) is 1. The Balaban J connectivity index is 1.49. The Bertz CT molecular complexity index is 1260. The van der Waals surface area contributed by atoms with Crippen molar-refractivity contribution < 1.29 is 4.79 Å². The van der Waals surface area contributed by atoms with E-state index in [1.807, 2.05) is 46.4 Å². The Morgan fingerprint density at radius 2 is 1.89 bits per heavy atom. The van der Waals surface area contributed by atoms with Crippen molar-refractivity contribution in [2.24, 2.45) is 0 Å². The highest BCUT2D eigenvalue weighted by Crippen LogP contribution is 2.29. The van der Waals surface area contributed by atoms with Crippen LogP contribution in [0.15, 0.2) is 72.6 Å². The second-order valence-corrected chi connectivity index (χ2v) is 6.85. The van der Waals surface area contributed by atoms with Gasteiger partial charge in [-0.05, 0) is 24.3 Å². The number of para-hydroxylation sites is 1. The molecule has 0 saturated heterocycles. The maximum Gasteiger partial charge on any atom is 0.255 e. The van der Waals surface area contributed by atoms with E-state index in [9.17, 15) is 4.79 Å². The van der Waals surface area contributed by atoms with E-state index < -0.39 is 0 Å². The third-order valence-corrected chi connectivity index (χ3v) is 5.05. The molecule has 1 amide bonds. The minimum absolute atomic E-state index is 0.198. The van der Waals surface area contributed by atoms with E-state index in [4.69, 9.17) is 0 Å². The number of thiazole rings is 1. The molecule has 1 N–H and O–H groups in total. The zero-order valence-corrected chi connectivity index (χ0v) is 14.9. The number of fused-ring (bicyclic) bond motifs is 2. The van der Waals surface area contributed by atoms with E-state index in [0.29, 0.717) is 16.8 Å². The summed E-state index contributed by atoms with van der Waals surface area (Å²) in [4.78, 5) is 26.8. The van der Waals surface area contributed by atoms with Gasteiger partial charge >= 0.3 is 0 Å². The van der Waals surface area contributed by atoms with E-state index in [1.165, 1.54) is 0 Å². The first-order chi connectivity index (χ1) is 13.3. The molecular formula is C20H13N5OS. The molecule has 0 aliphatic rings. The van der Waals surface area contributed by atoms with Crippen LogP contribution in [0, 0.1) is 0 Å². The predicted octanol–water partition coefficient (Wildman–Crippen LogP) is 4.26. The molecule has 0 radical (unpaired) electrons. The molecule has 0 atom stereocenters. The lowest BCUT2D eigenvalue weighted by molar-refractivity contribution is 0.102. The Morgan fingerprint density at radius 1 is 1.04 bits per heavy atom. The molecule has 6 nitrogen and oxygen atoms in total. The van der Waals surface area contributed by atoms with Gasteiger partial charge in [0.15, 0.2) is 4.96 Å². The van der Waals surface area contributed by atoms with Crippen LogP contribution in [0.1, 0.15) is 10.4 Å². The molecule has 0 spiro atoms. The van der Waals surface area contributed by atoms with E-state index in [0.717, 1.165) is 21.7 Å². The van der Waals surface area contributed by atoms with E-state index >= 15 is 0 Å². The molecule has 27 heavy (non-hydrogen) atoms. The Labute approximate surface area is 158 Å². The van der Waals surface area contributed by atoms with Gasteiger partial charge in [-0.25, -0.2) is 4.98 Å². The second-order valence-electron chi connectivity index (χ2n) is 5.98. The lowest BCUT2D eigenvalue weighted by Gasteiger charge is -2.10. The Morgan fingerprint density at radius 3 is 2.78 bits per heavy atom. The number of amides is 1. The SMILES string of the molecule is O=C(Nc1ccccc1-c1cn2ccsc2n1)c1ccc2nccnc2c1. The van der Waals surface area contributed by atoms with Crippen molar-refractivity contribution in [3.63, 3.8) is 0 Å². The smallest absolute Gasteiger partial charge is 0.255 e. The normalized spacial score (nSPS) is 11.1. The van der Waals surface area contributed by atoms with Crippen molar-refractivity contribution in [1.29, 1.82) is 0 Å². The fraction of sp³-hybridized carbons (Fsp3) is 0. The molecule has 5 rings (SSSR count). The lowest BCUT2D eigenvalue weighted by atomic mass is 10.1. The summed E-state index contributed by atoms with van der Waals surface area (Å²) in [6.07, 6.45) is 7.17. The fourth-order valence-corrected chi connectivity index (χ4v) is 3.67. The molecule has 3 heterocycles. The van der Waals surface area contributed by atoms with Gasteiger partial charge in [-0.1, -0.05) is 18.2 Å². The predicted molar refractivity (Wildman–Crippen MR) is 106 cm³/mol. The zero-order chi connectivity index (χ0) is 18.2. The summed E-state index contributed by atoms with van der Waals surface area (Å²) < 4.78 is 1.97. The van der Waals surface area contributed by atoms with Crippen molar-refractivity contribution in [2.75, 3.05) is 5.32 Å². The van der Waals surface area contributed by atoms with Gasteiger partial charge in [0.1, 0.15) is 0 Å². The number of hydrogen-bond donors (Lipinski definition) is 1.